The predicted octanol–water partition coefficient (Wildman–Crippen LogP) is 1.54. The second-order valence-corrected chi connectivity index (χ2v) is 4.84. The van der Waals surface area contributed by atoms with Crippen molar-refractivity contribution in [2.75, 3.05) is 25.5 Å². The van der Waals surface area contributed by atoms with Crippen LogP contribution in [-0.2, 0) is 4.79 Å². The normalized spacial score (nSPS) is 17.1. The van der Waals surface area contributed by atoms with Crippen molar-refractivity contribution in [3.63, 3.8) is 0 Å². The first-order chi connectivity index (χ1) is 10.4. The molecule has 2 rings (SSSR count). The van der Waals surface area contributed by atoms with E-state index in [0.717, 1.165) is 0 Å². The molecule has 1 atom stereocenters. The maximum Gasteiger partial charge on any atom is 0.321 e. The molecule has 1 aliphatic rings. The Morgan fingerprint density at radius 2 is 2.23 bits per heavy atom. The van der Waals surface area contributed by atoms with Crippen LogP contribution in [0, 0.1) is 16.0 Å². The number of nitrogens with zero attached hydrogens (tertiary/aromatic N) is 2. The number of methoxy groups -OCH3 is 1. The van der Waals surface area contributed by atoms with Gasteiger partial charge in [0.2, 0.25) is 0 Å². The minimum atomic E-state index is -0.935. The first kappa shape index (κ1) is 15.5. The molecule has 1 fully saturated rings. The summed E-state index contributed by atoms with van der Waals surface area (Å²) in [4.78, 5) is 34.6. The highest BCUT2D eigenvalue weighted by molar-refractivity contribution is 5.90. The molecule has 0 bridgehead atoms. The fraction of sp³-hybridized carbons (Fsp3) is 0.385. The highest BCUT2D eigenvalue weighted by atomic mass is 16.6. The molecular formula is C13H15N3O6. The van der Waals surface area contributed by atoms with Crippen LogP contribution in [0.15, 0.2) is 18.2 Å². The Balaban J connectivity index is 2.08. The highest BCUT2D eigenvalue weighted by Gasteiger charge is 2.31. The number of likely N-dealkylation sites (tertiary alicyclic amines) is 1. The summed E-state index contributed by atoms with van der Waals surface area (Å²) in [5.74, 6) is -1.42. The summed E-state index contributed by atoms with van der Waals surface area (Å²) in [6.07, 6.45) is 0.394. The van der Waals surface area contributed by atoms with Gasteiger partial charge in [0.1, 0.15) is 0 Å². The number of nitro groups is 1. The molecular weight excluding hydrogens is 294 g/mol. The lowest BCUT2D eigenvalue weighted by atomic mass is 10.1. The first-order valence-electron chi connectivity index (χ1n) is 6.53. The Morgan fingerprint density at radius 3 is 2.77 bits per heavy atom. The number of carboxylic acids is 1. The smallest absolute Gasteiger partial charge is 0.321 e. The van der Waals surface area contributed by atoms with Gasteiger partial charge >= 0.3 is 17.7 Å². The summed E-state index contributed by atoms with van der Waals surface area (Å²) >= 11 is 0. The van der Waals surface area contributed by atoms with Gasteiger partial charge in [-0.25, -0.2) is 4.79 Å². The van der Waals surface area contributed by atoms with Gasteiger partial charge in [-0.3, -0.25) is 14.9 Å². The lowest BCUT2D eigenvalue weighted by molar-refractivity contribution is -0.385. The standard InChI is InChI=1S/C13H15N3O6/c1-22-11-3-2-9(6-10(11)16(20)21)14-13(19)15-5-4-8(7-15)12(17)18/h2-3,6,8H,4-5,7H2,1H3,(H,14,19)(H,17,18). The lowest BCUT2D eigenvalue weighted by Gasteiger charge is -2.16. The number of anilines is 1. The van der Waals surface area contributed by atoms with Gasteiger partial charge in [0.15, 0.2) is 5.75 Å². The van der Waals surface area contributed by atoms with E-state index in [4.69, 9.17) is 9.84 Å². The van der Waals surface area contributed by atoms with Gasteiger partial charge in [-0.2, -0.15) is 0 Å². The van der Waals surface area contributed by atoms with Crippen molar-refractivity contribution in [3.05, 3.63) is 28.3 Å². The SMILES string of the molecule is COc1ccc(NC(=O)N2CCC(C(=O)O)C2)cc1[N+](=O)[O-]. The Hall–Kier alpha value is -2.84. The van der Waals surface area contributed by atoms with Gasteiger partial charge in [0.05, 0.1) is 18.0 Å². The number of carboxylic acid groups (broad SMARTS) is 1. The maximum atomic E-state index is 12.0. The number of rotatable bonds is 4. The van der Waals surface area contributed by atoms with E-state index in [1.807, 2.05) is 0 Å². The summed E-state index contributed by atoms with van der Waals surface area (Å²) in [5.41, 5.74) is -0.0126. The Labute approximate surface area is 125 Å². The zero-order valence-corrected chi connectivity index (χ0v) is 11.8. The van der Waals surface area contributed by atoms with Crippen molar-refractivity contribution in [1.29, 1.82) is 0 Å². The van der Waals surface area contributed by atoms with Crippen LogP contribution in [0.5, 0.6) is 5.75 Å². The van der Waals surface area contributed by atoms with Crippen LogP contribution in [0.3, 0.4) is 0 Å². The van der Waals surface area contributed by atoms with Crippen molar-refractivity contribution in [2.24, 2.45) is 5.92 Å². The van der Waals surface area contributed by atoms with Crippen LogP contribution in [-0.4, -0.2) is 47.1 Å². The minimum Gasteiger partial charge on any atom is -0.490 e. The second kappa shape index (κ2) is 6.29. The molecule has 1 aromatic carbocycles. The summed E-state index contributed by atoms with van der Waals surface area (Å²) in [7, 11) is 1.32. The van der Waals surface area contributed by atoms with E-state index in [2.05, 4.69) is 5.32 Å². The van der Waals surface area contributed by atoms with Crippen LogP contribution in [0.25, 0.3) is 0 Å². The van der Waals surface area contributed by atoms with Crippen LogP contribution in [0.2, 0.25) is 0 Å². The third-order valence-corrected chi connectivity index (χ3v) is 3.45. The van der Waals surface area contributed by atoms with E-state index in [0.29, 0.717) is 13.0 Å². The zero-order chi connectivity index (χ0) is 16.3. The summed E-state index contributed by atoms with van der Waals surface area (Å²) < 4.78 is 4.88. The lowest BCUT2D eigenvalue weighted by Crippen LogP contribution is -2.33. The van der Waals surface area contributed by atoms with E-state index in [9.17, 15) is 19.7 Å². The van der Waals surface area contributed by atoms with Crippen LogP contribution in [0.1, 0.15) is 6.42 Å². The number of aliphatic carboxylic acids is 1. The topological polar surface area (TPSA) is 122 Å². The Bertz CT molecular complexity index is 618. The largest absolute Gasteiger partial charge is 0.490 e. The van der Waals surface area contributed by atoms with Gasteiger partial charge in [0.25, 0.3) is 0 Å². The molecule has 0 radical (unpaired) electrons. The highest BCUT2D eigenvalue weighted by Crippen LogP contribution is 2.30. The number of carbonyl (C=O) groups is 2. The Kier molecular flexibility index (Phi) is 4.44. The third kappa shape index (κ3) is 3.25. The molecule has 9 heteroatoms. The molecule has 1 unspecified atom stereocenters. The van der Waals surface area contributed by atoms with Gasteiger partial charge in [-0.15, -0.1) is 0 Å². The van der Waals surface area contributed by atoms with Crippen molar-refractivity contribution in [2.45, 2.75) is 6.42 Å². The molecule has 1 aromatic rings. The summed E-state index contributed by atoms with van der Waals surface area (Å²) in [6.45, 7) is 0.459. The molecule has 9 nitrogen and oxygen atoms in total. The molecule has 0 saturated carbocycles. The van der Waals surface area contributed by atoms with Gasteiger partial charge in [-0.05, 0) is 18.6 Å². The van der Waals surface area contributed by atoms with Crippen molar-refractivity contribution in [1.82, 2.24) is 4.90 Å². The summed E-state index contributed by atoms with van der Waals surface area (Å²) in [6, 6.07) is 3.58. The van der Waals surface area contributed by atoms with Crippen molar-refractivity contribution >= 4 is 23.4 Å². The number of urea groups is 1. The number of hydrogen-bond donors (Lipinski definition) is 2. The molecule has 0 spiro atoms. The zero-order valence-electron chi connectivity index (χ0n) is 11.8. The van der Waals surface area contributed by atoms with Crippen LogP contribution >= 0.6 is 0 Å². The van der Waals surface area contributed by atoms with E-state index in [1.165, 1.54) is 30.2 Å². The quantitative estimate of drug-likeness (QED) is 0.642. The molecule has 1 heterocycles. The molecule has 2 N–H and O–H groups in total. The number of nitro benzene ring substituents is 1. The number of ether oxygens (including phenoxy) is 1. The molecule has 1 aliphatic heterocycles. The van der Waals surface area contributed by atoms with Crippen molar-refractivity contribution < 1.29 is 24.4 Å². The number of hydrogen-bond acceptors (Lipinski definition) is 5. The van der Waals surface area contributed by atoms with Gasteiger partial charge in [0, 0.05) is 24.8 Å². The maximum absolute atomic E-state index is 12.0. The van der Waals surface area contributed by atoms with Gasteiger partial charge < -0.3 is 20.1 Å². The average Bonchev–Trinajstić information content (AvgIpc) is 2.97. The van der Waals surface area contributed by atoms with Crippen molar-refractivity contribution in [3.8, 4) is 5.75 Å². The predicted molar refractivity (Wildman–Crippen MR) is 76.0 cm³/mol. The molecule has 0 aliphatic carbocycles. The molecule has 1 saturated heterocycles. The minimum absolute atomic E-state index is 0.0927. The molecule has 2 amide bonds. The average molecular weight is 309 g/mol. The fourth-order valence-electron chi connectivity index (χ4n) is 2.26. The summed E-state index contributed by atoms with van der Waals surface area (Å²) in [5, 5.41) is 22.4. The van der Waals surface area contributed by atoms with E-state index in [-0.39, 0.29) is 23.7 Å². The second-order valence-electron chi connectivity index (χ2n) is 4.84. The number of amides is 2. The monoisotopic (exact) mass is 309 g/mol. The first-order valence-corrected chi connectivity index (χ1v) is 6.53. The van der Waals surface area contributed by atoms with E-state index in [1.54, 1.807) is 0 Å². The van der Waals surface area contributed by atoms with Crippen LogP contribution in [0.4, 0.5) is 16.2 Å². The molecule has 118 valence electrons. The van der Waals surface area contributed by atoms with E-state index >= 15 is 0 Å². The fourth-order valence-corrected chi connectivity index (χ4v) is 2.26. The number of carbonyl (C=O) groups excluding carboxylic acids is 1. The number of nitrogens with one attached hydrogen (secondary N) is 1. The Morgan fingerprint density at radius 1 is 1.50 bits per heavy atom. The van der Waals surface area contributed by atoms with Crippen LogP contribution < -0.4 is 10.1 Å². The number of benzene rings is 1. The molecule has 0 aromatic heterocycles. The van der Waals surface area contributed by atoms with E-state index < -0.39 is 22.8 Å². The van der Waals surface area contributed by atoms with Gasteiger partial charge in [-0.1, -0.05) is 0 Å². The molecule has 22 heavy (non-hydrogen) atoms. The third-order valence-electron chi connectivity index (χ3n) is 3.45.